The quantitative estimate of drug-likeness (QED) is 0.414. The molecule has 2 amide bonds. The third kappa shape index (κ3) is 7.53. The minimum atomic E-state index is -0.561. The van der Waals surface area contributed by atoms with E-state index in [-0.39, 0.29) is 17.9 Å². The van der Waals surface area contributed by atoms with Gasteiger partial charge in [0.1, 0.15) is 6.04 Å². The first-order chi connectivity index (χ1) is 15.4. The lowest BCUT2D eigenvalue weighted by Crippen LogP contribution is -2.50. The molecule has 0 saturated heterocycles. The molecule has 3 rings (SSSR count). The summed E-state index contributed by atoms with van der Waals surface area (Å²) in [6.07, 6.45) is 5.55. The molecule has 1 N–H and O–H groups in total. The Hall–Kier alpha value is -1.50. The second-order valence-corrected chi connectivity index (χ2v) is 10.6. The maximum atomic E-state index is 13.2. The van der Waals surface area contributed by atoms with Crippen LogP contribution >= 0.6 is 39.3 Å². The predicted octanol–water partition coefficient (Wildman–Crippen LogP) is 6.20. The predicted molar refractivity (Wildman–Crippen MR) is 137 cm³/mol. The number of nitrogens with zero attached hydrogens (tertiary/aromatic N) is 1. The molecule has 1 aliphatic rings. The summed E-state index contributed by atoms with van der Waals surface area (Å²) in [5.41, 5.74) is 2.00. The van der Waals surface area contributed by atoms with Crippen LogP contribution in [0.2, 0.25) is 5.02 Å². The number of rotatable bonds is 9. The standard InChI is InChI=1S/C25H30BrClN2O2S/c1-18(25(31)28-22-8-3-2-4-9-22)29(15-20-7-5-6-10-23(20)27)24(30)17-32-16-19-11-13-21(26)14-12-19/h5-7,10-14,18,22H,2-4,8-9,15-17H2,1H3,(H,28,31)/t18-/m1/s1. The summed E-state index contributed by atoms with van der Waals surface area (Å²) < 4.78 is 1.03. The summed E-state index contributed by atoms with van der Waals surface area (Å²) in [5.74, 6) is 0.900. The molecule has 0 unspecified atom stereocenters. The Morgan fingerprint density at radius 3 is 2.50 bits per heavy atom. The topological polar surface area (TPSA) is 49.4 Å². The molecule has 0 aliphatic heterocycles. The SMILES string of the molecule is C[C@H](C(=O)NC1CCCCC1)N(Cc1ccccc1Cl)C(=O)CSCc1ccc(Br)cc1. The first kappa shape index (κ1) is 25.1. The minimum absolute atomic E-state index is 0.0571. The van der Waals surface area contributed by atoms with Gasteiger partial charge >= 0.3 is 0 Å². The van der Waals surface area contributed by atoms with Gasteiger partial charge in [0.15, 0.2) is 0 Å². The molecule has 1 atom stereocenters. The van der Waals surface area contributed by atoms with Crippen LogP contribution in [0.25, 0.3) is 0 Å². The number of hydrogen-bond donors (Lipinski definition) is 1. The lowest BCUT2D eigenvalue weighted by molar-refractivity contribution is -0.139. The van der Waals surface area contributed by atoms with Gasteiger partial charge in [-0.3, -0.25) is 9.59 Å². The highest BCUT2D eigenvalue weighted by atomic mass is 79.9. The Balaban J connectivity index is 1.65. The van der Waals surface area contributed by atoms with Crippen LogP contribution in [0.1, 0.15) is 50.2 Å². The fraction of sp³-hybridized carbons (Fsp3) is 0.440. The van der Waals surface area contributed by atoms with Crippen molar-refractivity contribution in [3.63, 3.8) is 0 Å². The van der Waals surface area contributed by atoms with E-state index in [4.69, 9.17) is 11.6 Å². The Morgan fingerprint density at radius 2 is 1.81 bits per heavy atom. The van der Waals surface area contributed by atoms with Crippen molar-refractivity contribution in [2.24, 2.45) is 0 Å². The molecule has 0 spiro atoms. The third-order valence-corrected chi connectivity index (χ3v) is 7.71. The molecule has 1 aliphatic carbocycles. The average molecular weight is 538 g/mol. The van der Waals surface area contributed by atoms with Crippen molar-refractivity contribution in [2.75, 3.05) is 5.75 Å². The van der Waals surface area contributed by atoms with Gasteiger partial charge in [0.2, 0.25) is 11.8 Å². The van der Waals surface area contributed by atoms with Crippen molar-refractivity contribution in [3.05, 3.63) is 69.2 Å². The average Bonchev–Trinajstić information content (AvgIpc) is 2.80. The molecule has 172 valence electrons. The van der Waals surface area contributed by atoms with Crippen LogP contribution in [0.4, 0.5) is 0 Å². The summed E-state index contributed by atoms with van der Waals surface area (Å²) in [6, 6.07) is 15.2. The van der Waals surface area contributed by atoms with E-state index in [0.717, 1.165) is 47.0 Å². The largest absolute Gasteiger partial charge is 0.352 e. The van der Waals surface area contributed by atoms with Gasteiger partial charge in [0.05, 0.1) is 5.75 Å². The van der Waals surface area contributed by atoms with Crippen LogP contribution in [0.15, 0.2) is 53.0 Å². The van der Waals surface area contributed by atoms with Crippen molar-refractivity contribution in [1.29, 1.82) is 0 Å². The zero-order valence-electron chi connectivity index (χ0n) is 18.4. The van der Waals surface area contributed by atoms with Crippen molar-refractivity contribution < 1.29 is 9.59 Å². The van der Waals surface area contributed by atoms with Crippen LogP contribution in [0.5, 0.6) is 0 Å². The van der Waals surface area contributed by atoms with E-state index in [1.54, 1.807) is 16.7 Å². The lowest BCUT2D eigenvalue weighted by atomic mass is 9.95. The molecule has 1 fully saturated rings. The molecule has 4 nitrogen and oxygen atoms in total. The second-order valence-electron chi connectivity index (χ2n) is 8.25. The highest BCUT2D eigenvalue weighted by Crippen LogP contribution is 2.22. The molecule has 0 aromatic heterocycles. The van der Waals surface area contributed by atoms with Gasteiger partial charge < -0.3 is 10.2 Å². The highest BCUT2D eigenvalue weighted by molar-refractivity contribution is 9.10. The van der Waals surface area contributed by atoms with Gasteiger partial charge in [-0.15, -0.1) is 11.8 Å². The number of carbonyl (C=O) groups excluding carboxylic acids is 2. The number of nitrogens with one attached hydrogen (secondary N) is 1. The Kier molecular flexibility index (Phi) is 9.94. The number of carbonyl (C=O) groups is 2. The van der Waals surface area contributed by atoms with Crippen molar-refractivity contribution in [1.82, 2.24) is 10.2 Å². The van der Waals surface area contributed by atoms with Gasteiger partial charge in [-0.05, 0) is 49.1 Å². The zero-order chi connectivity index (χ0) is 22.9. The molecular formula is C25H30BrClN2O2S. The van der Waals surface area contributed by atoms with Crippen molar-refractivity contribution in [2.45, 2.75) is 63.4 Å². The van der Waals surface area contributed by atoms with Gasteiger partial charge in [0.25, 0.3) is 0 Å². The summed E-state index contributed by atoms with van der Waals surface area (Å²) >= 11 is 11.4. The lowest BCUT2D eigenvalue weighted by Gasteiger charge is -2.31. The number of amides is 2. The fourth-order valence-corrected chi connectivity index (χ4v) is 5.21. The Bertz CT molecular complexity index is 903. The van der Waals surface area contributed by atoms with E-state index in [1.165, 1.54) is 6.42 Å². The molecular weight excluding hydrogens is 508 g/mol. The van der Waals surface area contributed by atoms with Gasteiger partial charge in [-0.2, -0.15) is 0 Å². The zero-order valence-corrected chi connectivity index (χ0v) is 21.5. The van der Waals surface area contributed by atoms with Gasteiger partial charge in [-0.25, -0.2) is 0 Å². The molecule has 0 heterocycles. The molecule has 32 heavy (non-hydrogen) atoms. The second kappa shape index (κ2) is 12.7. The molecule has 2 aromatic rings. The number of benzene rings is 2. The van der Waals surface area contributed by atoms with E-state index in [2.05, 4.69) is 21.2 Å². The van der Waals surface area contributed by atoms with Gasteiger partial charge in [0, 0.05) is 27.8 Å². The van der Waals surface area contributed by atoms with Gasteiger partial charge in [-0.1, -0.05) is 77.1 Å². The van der Waals surface area contributed by atoms with Crippen LogP contribution in [0.3, 0.4) is 0 Å². The highest BCUT2D eigenvalue weighted by Gasteiger charge is 2.28. The van der Waals surface area contributed by atoms with Crippen LogP contribution < -0.4 is 5.32 Å². The molecule has 7 heteroatoms. The fourth-order valence-electron chi connectivity index (χ4n) is 3.88. The minimum Gasteiger partial charge on any atom is -0.352 e. The molecule has 0 radical (unpaired) electrons. The number of hydrogen-bond acceptors (Lipinski definition) is 3. The van der Waals surface area contributed by atoms with E-state index in [0.29, 0.717) is 17.3 Å². The normalized spacial score (nSPS) is 15.2. The Labute approximate surface area is 208 Å². The van der Waals surface area contributed by atoms with E-state index in [9.17, 15) is 9.59 Å². The first-order valence-corrected chi connectivity index (χ1v) is 13.4. The monoisotopic (exact) mass is 536 g/mol. The van der Waals surface area contributed by atoms with Crippen LogP contribution in [-0.4, -0.2) is 34.6 Å². The third-order valence-electron chi connectivity index (χ3n) is 5.82. The molecule has 1 saturated carbocycles. The Morgan fingerprint density at radius 1 is 1.12 bits per heavy atom. The summed E-state index contributed by atoms with van der Waals surface area (Å²) in [7, 11) is 0. The van der Waals surface area contributed by atoms with Crippen molar-refractivity contribution >= 4 is 51.1 Å². The molecule has 2 aromatic carbocycles. The van der Waals surface area contributed by atoms with Crippen molar-refractivity contribution in [3.8, 4) is 0 Å². The van der Waals surface area contributed by atoms with E-state index < -0.39 is 6.04 Å². The summed E-state index contributed by atoms with van der Waals surface area (Å²) in [5, 5.41) is 3.77. The maximum Gasteiger partial charge on any atom is 0.242 e. The number of thioether (sulfide) groups is 1. The van der Waals surface area contributed by atoms with E-state index >= 15 is 0 Å². The maximum absolute atomic E-state index is 13.2. The number of halogens is 2. The van der Waals surface area contributed by atoms with E-state index in [1.807, 2.05) is 55.5 Å². The van der Waals surface area contributed by atoms with Crippen LogP contribution in [0, 0.1) is 0 Å². The van der Waals surface area contributed by atoms with Crippen LogP contribution in [-0.2, 0) is 21.9 Å². The summed E-state index contributed by atoms with van der Waals surface area (Å²) in [6.45, 7) is 2.13. The summed E-state index contributed by atoms with van der Waals surface area (Å²) in [4.78, 5) is 27.9. The molecule has 0 bridgehead atoms. The first-order valence-electron chi connectivity index (χ1n) is 11.1. The smallest absolute Gasteiger partial charge is 0.242 e.